The molecule has 0 fully saturated rings. The van der Waals surface area contributed by atoms with Gasteiger partial charge in [0.25, 0.3) is 5.56 Å². The summed E-state index contributed by atoms with van der Waals surface area (Å²) >= 11 is 0. The Morgan fingerprint density at radius 1 is 1.32 bits per heavy atom. The number of aldehydes is 2. The van der Waals surface area contributed by atoms with Gasteiger partial charge in [-0.25, -0.2) is 9.36 Å². The summed E-state index contributed by atoms with van der Waals surface area (Å²) in [4.78, 5) is 62.8. The van der Waals surface area contributed by atoms with Crippen molar-refractivity contribution in [2.45, 2.75) is 12.3 Å². The van der Waals surface area contributed by atoms with Crippen LogP contribution in [0.3, 0.4) is 0 Å². The van der Waals surface area contributed by atoms with Gasteiger partial charge in [0.05, 0.1) is 6.61 Å². The molecule has 1 rings (SSSR count). The van der Waals surface area contributed by atoms with E-state index in [1.807, 2.05) is 4.98 Å². The molecule has 22 heavy (non-hydrogen) atoms. The first-order valence-electron chi connectivity index (χ1n) is 5.34. The Bertz CT molecular complexity index is 666. The maximum Gasteiger partial charge on any atom is 0.469 e. The molecule has 0 aliphatic heterocycles. The van der Waals surface area contributed by atoms with Crippen molar-refractivity contribution in [3.63, 3.8) is 0 Å². The van der Waals surface area contributed by atoms with E-state index in [1.54, 1.807) is 0 Å². The number of carbonyl (C=O) groups excluding carboxylic acids is 2. The maximum atomic E-state index is 11.5. The van der Waals surface area contributed by atoms with Gasteiger partial charge in [0, 0.05) is 41.8 Å². The molecule has 1 heterocycles. The number of hydrogen-bond donors (Lipinski definition) is 3. The van der Waals surface area contributed by atoms with Crippen LogP contribution in [0.25, 0.3) is 0 Å². The third-order valence-electron chi connectivity index (χ3n) is 2.11. The molecule has 0 aromatic carbocycles. The number of aromatic nitrogens is 2. The zero-order valence-electron chi connectivity index (χ0n) is 11.3. The summed E-state index contributed by atoms with van der Waals surface area (Å²) in [6.07, 6.45) is -1.82. The number of H-pyrrole nitrogens is 1. The maximum absolute atomic E-state index is 11.5. The van der Waals surface area contributed by atoms with Crippen LogP contribution in [0.5, 0.6) is 0 Å². The normalized spacial score (nSPS) is 13.7. The van der Waals surface area contributed by atoms with Gasteiger partial charge in [-0.15, -0.1) is 0 Å². The molecule has 3 N–H and O–H groups in total. The minimum absolute atomic E-state index is 0. The number of hydrogen-bond acceptors (Lipinski definition) is 7. The molecule has 0 spiro atoms. The summed E-state index contributed by atoms with van der Waals surface area (Å²) in [5.41, 5.74) is -1.65. The molecule has 1 radical (unpaired) electrons. The van der Waals surface area contributed by atoms with Gasteiger partial charge in [-0.2, -0.15) is 0 Å². The quantitative estimate of drug-likeness (QED) is 0.263. The van der Waals surface area contributed by atoms with Gasteiger partial charge in [0.1, 0.15) is 6.10 Å². The Morgan fingerprint density at radius 3 is 2.41 bits per heavy atom. The first-order valence-corrected chi connectivity index (χ1v) is 6.87. The van der Waals surface area contributed by atoms with E-state index in [1.165, 1.54) is 0 Å². The fourth-order valence-electron chi connectivity index (χ4n) is 1.25. The predicted molar refractivity (Wildman–Crippen MR) is 71.1 cm³/mol. The molecule has 0 aliphatic rings. The molecule has 0 saturated carbocycles. The van der Waals surface area contributed by atoms with Gasteiger partial charge in [-0.3, -0.25) is 23.7 Å². The molecule has 1 aromatic heterocycles. The van der Waals surface area contributed by atoms with Gasteiger partial charge < -0.3 is 19.3 Å². The molecule has 0 bridgehead atoms. The van der Waals surface area contributed by atoms with Gasteiger partial charge in [-0.05, 0) is 0 Å². The van der Waals surface area contributed by atoms with Crippen LogP contribution in [0.4, 0.5) is 0 Å². The van der Waals surface area contributed by atoms with E-state index >= 15 is 0 Å². The van der Waals surface area contributed by atoms with Crippen LogP contribution in [-0.4, -0.2) is 74.2 Å². The summed E-state index contributed by atoms with van der Waals surface area (Å²) in [5.74, 6) is 0. The van der Waals surface area contributed by atoms with Crippen molar-refractivity contribution in [2.24, 2.45) is 0 Å². The number of phosphoric acid groups is 1. The average Bonchev–Trinajstić information content (AvgIpc) is 2.39. The van der Waals surface area contributed by atoms with Crippen molar-refractivity contribution in [3.8, 4) is 0 Å². The van der Waals surface area contributed by atoms with Crippen LogP contribution in [-0.2, 0) is 23.4 Å². The Balaban J connectivity index is 0.00000441. The fourth-order valence-corrected chi connectivity index (χ4v) is 1.59. The predicted octanol–water partition coefficient (Wildman–Crippen LogP) is -2.45. The van der Waals surface area contributed by atoms with Crippen molar-refractivity contribution in [3.05, 3.63) is 33.1 Å². The number of nitrogens with one attached hydrogen (secondary N) is 1. The van der Waals surface area contributed by atoms with E-state index < -0.39 is 38.0 Å². The number of aromatic amines is 1. The SMILES string of the molecule is O=CC(COP(=O)(O)O)OC(C=O)n1ccc(=O)[nH]c1=O.[Na]. The monoisotopic (exact) mass is 345 g/mol. The van der Waals surface area contributed by atoms with Crippen molar-refractivity contribution < 1.29 is 33.2 Å². The molecule has 11 nitrogen and oxygen atoms in total. The average molecular weight is 345 g/mol. The topological polar surface area (TPSA) is 165 Å². The molecule has 0 amide bonds. The van der Waals surface area contributed by atoms with Crippen molar-refractivity contribution in [1.82, 2.24) is 9.55 Å². The zero-order chi connectivity index (χ0) is 16.0. The summed E-state index contributed by atoms with van der Waals surface area (Å²) in [5, 5.41) is 0. The second-order valence-electron chi connectivity index (χ2n) is 3.64. The van der Waals surface area contributed by atoms with Gasteiger partial charge in [0.2, 0.25) is 0 Å². The van der Waals surface area contributed by atoms with Crippen molar-refractivity contribution in [2.75, 3.05) is 6.61 Å². The van der Waals surface area contributed by atoms with E-state index in [9.17, 15) is 23.7 Å². The fraction of sp³-hybridized carbons (Fsp3) is 0.333. The molecule has 1 aromatic rings. The largest absolute Gasteiger partial charge is 0.469 e. The standard InChI is InChI=1S/C9H11N2O9P.Na/c12-3-6(5-19-21(16,17)18)20-8(4-13)11-2-1-7(14)10-9(11)15;/h1-4,6,8H,5H2,(H,10,14,15)(H2,16,17,18);. The third kappa shape index (κ3) is 6.90. The van der Waals surface area contributed by atoms with Crippen molar-refractivity contribution >= 4 is 50.0 Å². The molecule has 2 atom stereocenters. The summed E-state index contributed by atoms with van der Waals surface area (Å²) in [6.45, 7) is -0.823. The Labute approximate surface area is 144 Å². The summed E-state index contributed by atoms with van der Waals surface area (Å²) in [6, 6.07) is 0.948. The zero-order valence-corrected chi connectivity index (χ0v) is 14.2. The first kappa shape index (κ1) is 21.1. The van der Waals surface area contributed by atoms with E-state index in [0.29, 0.717) is 4.57 Å². The van der Waals surface area contributed by atoms with Crippen molar-refractivity contribution in [1.29, 1.82) is 0 Å². The molecule has 0 saturated heterocycles. The third-order valence-corrected chi connectivity index (χ3v) is 2.60. The van der Waals surface area contributed by atoms with Gasteiger partial charge >= 0.3 is 13.5 Å². The van der Waals surface area contributed by atoms with E-state index in [0.717, 1.165) is 12.3 Å². The second-order valence-corrected chi connectivity index (χ2v) is 4.88. The minimum Gasteiger partial charge on any atom is -0.338 e. The smallest absolute Gasteiger partial charge is 0.338 e. The van der Waals surface area contributed by atoms with Gasteiger partial charge in [-0.1, -0.05) is 0 Å². The molecule has 0 aliphatic carbocycles. The number of rotatable bonds is 8. The summed E-state index contributed by atoms with van der Waals surface area (Å²) in [7, 11) is -4.82. The van der Waals surface area contributed by atoms with E-state index in [-0.39, 0.29) is 42.1 Å². The number of phosphoric ester groups is 1. The first-order chi connectivity index (χ1) is 9.76. The Morgan fingerprint density at radius 2 is 1.95 bits per heavy atom. The Kier molecular flexibility index (Phi) is 8.89. The van der Waals surface area contributed by atoms with E-state index in [2.05, 4.69) is 4.52 Å². The number of carbonyl (C=O) groups is 2. The Hall–Kier alpha value is -0.910. The van der Waals surface area contributed by atoms with Crippen LogP contribution in [0.2, 0.25) is 0 Å². The van der Waals surface area contributed by atoms with Crippen LogP contribution in [0.1, 0.15) is 6.23 Å². The van der Waals surface area contributed by atoms with Crippen LogP contribution < -0.4 is 11.2 Å². The van der Waals surface area contributed by atoms with Crippen LogP contribution >= 0.6 is 7.82 Å². The second kappa shape index (κ2) is 9.28. The minimum atomic E-state index is -4.82. The van der Waals surface area contributed by atoms with Crippen LogP contribution in [0, 0.1) is 0 Å². The van der Waals surface area contributed by atoms with Gasteiger partial charge in [0.15, 0.2) is 18.8 Å². The molecule has 13 heteroatoms. The van der Waals surface area contributed by atoms with E-state index in [4.69, 9.17) is 14.5 Å². The number of nitrogens with zero attached hydrogens (tertiary/aromatic N) is 1. The molecular weight excluding hydrogens is 334 g/mol. The number of ether oxygens (including phenoxy) is 1. The summed E-state index contributed by atoms with van der Waals surface area (Å²) < 4.78 is 20.1. The molecular formula is C9H11N2NaO9P. The molecule has 2 unspecified atom stereocenters. The van der Waals surface area contributed by atoms with Crippen LogP contribution in [0.15, 0.2) is 21.9 Å². The molecule has 117 valence electrons.